The molecular formula is C14H26N2OS. The zero-order valence-corrected chi connectivity index (χ0v) is 12.3. The van der Waals surface area contributed by atoms with E-state index in [1.165, 1.54) is 31.4 Å². The summed E-state index contributed by atoms with van der Waals surface area (Å²) < 4.78 is 0. The van der Waals surface area contributed by atoms with Crippen LogP contribution in [0.4, 0.5) is 0 Å². The van der Waals surface area contributed by atoms with Gasteiger partial charge in [-0.3, -0.25) is 4.79 Å². The number of amides is 1. The Morgan fingerprint density at radius 2 is 2.06 bits per heavy atom. The van der Waals surface area contributed by atoms with E-state index in [4.69, 9.17) is 0 Å². The maximum Gasteiger partial charge on any atom is 0.222 e. The first-order chi connectivity index (χ1) is 8.74. The highest BCUT2D eigenvalue weighted by Gasteiger charge is 2.33. The van der Waals surface area contributed by atoms with Gasteiger partial charge in [0, 0.05) is 23.8 Å². The van der Waals surface area contributed by atoms with E-state index in [1.54, 1.807) is 0 Å². The van der Waals surface area contributed by atoms with Crippen LogP contribution in [0.2, 0.25) is 0 Å². The van der Waals surface area contributed by atoms with E-state index in [9.17, 15) is 4.79 Å². The van der Waals surface area contributed by atoms with Crippen LogP contribution in [0.25, 0.3) is 0 Å². The summed E-state index contributed by atoms with van der Waals surface area (Å²) in [4.78, 5) is 12.2. The van der Waals surface area contributed by atoms with Gasteiger partial charge >= 0.3 is 0 Å². The first-order valence-corrected chi connectivity index (χ1v) is 8.46. The van der Waals surface area contributed by atoms with Crippen molar-refractivity contribution >= 4 is 17.7 Å². The minimum atomic E-state index is 0.0736. The van der Waals surface area contributed by atoms with Crippen LogP contribution in [0.3, 0.4) is 0 Å². The fraction of sp³-hybridized carbons (Fsp3) is 0.929. The van der Waals surface area contributed by atoms with Gasteiger partial charge in [-0.1, -0.05) is 19.3 Å². The Bertz CT molecular complexity index is 271. The monoisotopic (exact) mass is 270 g/mol. The van der Waals surface area contributed by atoms with Crippen LogP contribution in [-0.4, -0.2) is 36.0 Å². The molecule has 0 aromatic heterocycles. The lowest BCUT2D eigenvalue weighted by atomic mass is 9.79. The normalized spacial score (nSPS) is 27.7. The molecule has 1 unspecified atom stereocenters. The predicted octanol–water partition coefficient (Wildman–Crippen LogP) is 2.31. The summed E-state index contributed by atoms with van der Waals surface area (Å²) in [6.07, 6.45) is 9.19. The number of carbonyl (C=O) groups is 1. The average molecular weight is 270 g/mol. The number of nitrogens with one attached hydrogen (secondary N) is 2. The average Bonchev–Trinajstić information content (AvgIpc) is 2.41. The summed E-state index contributed by atoms with van der Waals surface area (Å²) in [6.45, 7) is 0. The van der Waals surface area contributed by atoms with E-state index in [1.807, 2.05) is 18.8 Å². The molecule has 104 valence electrons. The summed E-state index contributed by atoms with van der Waals surface area (Å²) in [5.41, 5.74) is 0.0736. The summed E-state index contributed by atoms with van der Waals surface area (Å²) in [7, 11) is 2.01. The standard InChI is InChI=1S/C14H26N2OS/c1-15-14(7-3-2-4-8-14)10-13(17)16-12-6-5-9-18-11-12/h12,15H,2-11H2,1H3,(H,16,17). The molecule has 1 saturated carbocycles. The number of thioether (sulfide) groups is 1. The van der Waals surface area contributed by atoms with Crippen LogP contribution in [0.15, 0.2) is 0 Å². The van der Waals surface area contributed by atoms with E-state index in [2.05, 4.69) is 10.6 Å². The molecule has 2 rings (SSSR count). The summed E-state index contributed by atoms with van der Waals surface area (Å²) in [5.74, 6) is 2.60. The van der Waals surface area contributed by atoms with Gasteiger partial charge in [0.15, 0.2) is 0 Å². The Hall–Kier alpha value is -0.220. The van der Waals surface area contributed by atoms with Crippen LogP contribution in [-0.2, 0) is 4.79 Å². The molecule has 2 fully saturated rings. The molecule has 0 radical (unpaired) electrons. The first-order valence-electron chi connectivity index (χ1n) is 7.30. The zero-order chi connectivity index (χ0) is 12.8. The third kappa shape index (κ3) is 3.89. The number of hydrogen-bond acceptors (Lipinski definition) is 3. The Balaban J connectivity index is 1.81. The number of carbonyl (C=O) groups excluding carboxylic acids is 1. The molecule has 1 atom stereocenters. The smallest absolute Gasteiger partial charge is 0.222 e. The molecular weight excluding hydrogens is 244 g/mol. The molecule has 3 nitrogen and oxygen atoms in total. The van der Waals surface area contributed by atoms with Crippen molar-refractivity contribution in [1.82, 2.24) is 10.6 Å². The van der Waals surface area contributed by atoms with Crippen LogP contribution in [0.1, 0.15) is 51.4 Å². The van der Waals surface area contributed by atoms with Crippen molar-refractivity contribution in [2.45, 2.75) is 62.9 Å². The topological polar surface area (TPSA) is 41.1 Å². The molecule has 4 heteroatoms. The Labute approximate surface area is 115 Å². The molecule has 2 N–H and O–H groups in total. The highest BCUT2D eigenvalue weighted by atomic mass is 32.2. The van der Waals surface area contributed by atoms with Crippen LogP contribution < -0.4 is 10.6 Å². The SMILES string of the molecule is CNC1(CC(=O)NC2CCCSC2)CCCCC1. The fourth-order valence-corrected chi connectivity index (χ4v) is 4.26. The second-order valence-corrected chi connectivity index (χ2v) is 6.90. The largest absolute Gasteiger partial charge is 0.352 e. The van der Waals surface area contributed by atoms with Crippen LogP contribution in [0, 0.1) is 0 Å². The van der Waals surface area contributed by atoms with Crippen molar-refractivity contribution in [3.8, 4) is 0 Å². The minimum absolute atomic E-state index is 0.0736. The maximum absolute atomic E-state index is 12.2. The van der Waals surface area contributed by atoms with Gasteiger partial charge in [0.1, 0.15) is 0 Å². The molecule has 1 heterocycles. The van der Waals surface area contributed by atoms with Gasteiger partial charge in [0.05, 0.1) is 0 Å². The van der Waals surface area contributed by atoms with Crippen molar-refractivity contribution in [1.29, 1.82) is 0 Å². The molecule has 18 heavy (non-hydrogen) atoms. The second-order valence-electron chi connectivity index (χ2n) is 5.75. The van der Waals surface area contributed by atoms with Gasteiger partial charge in [-0.05, 0) is 38.5 Å². The van der Waals surface area contributed by atoms with Crippen molar-refractivity contribution in [3.05, 3.63) is 0 Å². The third-order valence-electron chi connectivity index (χ3n) is 4.37. The van der Waals surface area contributed by atoms with Gasteiger partial charge in [-0.25, -0.2) is 0 Å². The lowest BCUT2D eigenvalue weighted by molar-refractivity contribution is -0.123. The quantitative estimate of drug-likeness (QED) is 0.823. The molecule has 1 amide bonds. The summed E-state index contributed by atoms with van der Waals surface area (Å²) in [6, 6.07) is 0.411. The van der Waals surface area contributed by atoms with Gasteiger partial charge < -0.3 is 10.6 Å². The minimum Gasteiger partial charge on any atom is -0.352 e. The van der Waals surface area contributed by atoms with Gasteiger partial charge in [0.2, 0.25) is 5.91 Å². The van der Waals surface area contributed by atoms with E-state index >= 15 is 0 Å². The molecule has 1 aliphatic heterocycles. The van der Waals surface area contributed by atoms with Crippen molar-refractivity contribution in [2.24, 2.45) is 0 Å². The number of hydrogen-bond donors (Lipinski definition) is 2. The van der Waals surface area contributed by atoms with Crippen LogP contribution in [0.5, 0.6) is 0 Å². The third-order valence-corrected chi connectivity index (χ3v) is 5.58. The Morgan fingerprint density at radius 1 is 1.28 bits per heavy atom. The molecule has 0 bridgehead atoms. The van der Waals surface area contributed by atoms with E-state index < -0.39 is 0 Å². The molecule has 1 saturated heterocycles. The highest BCUT2D eigenvalue weighted by Crippen LogP contribution is 2.30. The zero-order valence-electron chi connectivity index (χ0n) is 11.5. The second kappa shape index (κ2) is 6.80. The van der Waals surface area contributed by atoms with E-state index in [0.29, 0.717) is 12.5 Å². The molecule has 0 aromatic carbocycles. The Kier molecular flexibility index (Phi) is 5.37. The summed E-state index contributed by atoms with van der Waals surface area (Å²) in [5, 5.41) is 6.65. The van der Waals surface area contributed by atoms with E-state index in [-0.39, 0.29) is 11.4 Å². The lowest BCUT2D eigenvalue weighted by Gasteiger charge is -2.37. The molecule has 0 spiro atoms. The van der Waals surface area contributed by atoms with Crippen molar-refractivity contribution in [3.63, 3.8) is 0 Å². The van der Waals surface area contributed by atoms with Crippen molar-refractivity contribution in [2.75, 3.05) is 18.6 Å². The fourth-order valence-electron chi connectivity index (χ4n) is 3.18. The Morgan fingerprint density at radius 3 is 2.67 bits per heavy atom. The van der Waals surface area contributed by atoms with Gasteiger partial charge in [0.25, 0.3) is 0 Å². The van der Waals surface area contributed by atoms with Gasteiger partial charge in [-0.2, -0.15) is 11.8 Å². The van der Waals surface area contributed by atoms with Crippen LogP contribution >= 0.6 is 11.8 Å². The summed E-state index contributed by atoms with van der Waals surface area (Å²) >= 11 is 1.97. The lowest BCUT2D eigenvalue weighted by Crippen LogP contribution is -2.50. The first kappa shape index (κ1) is 14.2. The van der Waals surface area contributed by atoms with Crippen molar-refractivity contribution < 1.29 is 4.79 Å². The van der Waals surface area contributed by atoms with E-state index in [0.717, 1.165) is 25.0 Å². The predicted molar refractivity (Wildman–Crippen MR) is 78.0 cm³/mol. The molecule has 1 aliphatic carbocycles. The van der Waals surface area contributed by atoms with Gasteiger partial charge in [-0.15, -0.1) is 0 Å². The highest BCUT2D eigenvalue weighted by molar-refractivity contribution is 7.99. The maximum atomic E-state index is 12.2. The molecule has 2 aliphatic rings. The number of rotatable bonds is 4. The molecule has 0 aromatic rings.